The average Bonchev–Trinajstić information content (AvgIpc) is 2.75. The molecule has 0 atom stereocenters. The number of fused-ring (bicyclic) bond motifs is 3. The number of piperidine rings is 2. The molecule has 2 fully saturated rings. The highest BCUT2D eigenvalue weighted by molar-refractivity contribution is 7.99. The fourth-order valence-corrected chi connectivity index (χ4v) is 6.08. The highest BCUT2D eigenvalue weighted by Gasteiger charge is 2.32. The van der Waals surface area contributed by atoms with E-state index in [1.54, 1.807) is 10.6 Å². The minimum atomic E-state index is -1.26. The molecule has 0 aliphatic carbocycles. The number of carbonyl (C=O) groups is 1. The number of pyridine rings is 1. The van der Waals surface area contributed by atoms with Gasteiger partial charge in [-0.25, -0.2) is 4.79 Å². The van der Waals surface area contributed by atoms with Crippen molar-refractivity contribution >= 4 is 40.0 Å². The molecule has 31 heavy (non-hydrogen) atoms. The van der Waals surface area contributed by atoms with Crippen LogP contribution in [0.25, 0.3) is 10.9 Å². The van der Waals surface area contributed by atoms with Gasteiger partial charge in [0.05, 0.1) is 21.3 Å². The lowest BCUT2D eigenvalue weighted by Gasteiger charge is -2.40. The van der Waals surface area contributed by atoms with E-state index in [4.69, 9.17) is 0 Å². The van der Waals surface area contributed by atoms with Gasteiger partial charge in [0.1, 0.15) is 11.3 Å². The lowest BCUT2D eigenvalue weighted by molar-refractivity contribution is -0.384. The Hall–Kier alpha value is -2.59. The first-order valence-electron chi connectivity index (χ1n) is 10.7. The van der Waals surface area contributed by atoms with Crippen LogP contribution in [0.15, 0.2) is 22.0 Å². The van der Waals surface area contributed by atoms with Crippen LogP contribution in [-0.4, -0.2) is 57.7 Å². The van der Waals surface area contributed by atoms with E-state index in [9.17, 15) is 24.8 Å². The van der Waals surface area contributed by atoms with Crippen LogP contribution in [-0.2, 0) is 5.88 Å². The third-order valence-electron chi connectivity index (χ3n) is 6.77. The first-order valence-corrected chi connectivity index (χ1v) is 11.7. The first-order chi connectivity index (χ1) is 15.0. The molecule has 3 aliphatic heterocycles. The fraction of sp³-hybridized carbons (Fsp3) is 0.524. The fourth-order valence-electron chi connectivity index (χ4n) is 5.13. The lowest BCUT2D eigenvalue weighted by atomic mass is 9.99. The molecule has 2 saturated heterocycles. The second-order valence-corrected chi connectivity index (χ2v) is 9.38. The molecule has 0 spiro atoms. The van der Waals surface area contributed by atoms with Crippen LogP contribution < -0.4 is 10.3 Å². The summed E-state index contributed by atoms with van der Waals surface area (Å²) in [7, 11) is 0. The monoisotopic (exact) mass is 444 g/mol. The van der Waals surface area contributed by atoms with Crippen molar-refractivity contribution in [2.24, 2.45) is 0 Å². The molecule has 164 valence electrons. The highest BCUT2D eigenvalue weighted by Crippen LogP contribution is 2.40. The van der Waals surface area contributed by atoms with E-state index in [2.05, 4.69) is 4.90 Å². The van der Waals surface area contributed by atoms with Crippen LogP contribution >= 0.6 is 11.8 Å². The number of thioether (sulfide) groups is 1. The van der Waals surface area contributed by atoms with Gasteiger partial charge in [-0.3, -0.25) is 14.9 Å². The number of carboxylic acid groups (broad SMARTS) is 1. The Morgan fingerprint density at radius 3 is 2.42 bits per heavy atom. The van der Waals surface area contributed by atoms with Crippen molar-refractivity contribution < 1.29 is 14.8 Å². The van der Waals surface area contributed by atoms with E-state index in [1.165, 1.54) is 37.1 Å². The summed E-state index contributed by atoms with van der Waals surface area (Å²) in [5, 5.41) is 22.0. The molecule has 3 aliphatic rings. The molecule has 1 aromatic carbocycles. The number of nitro groups is 1. The minimum Gasteiger partial charge on any atom is -0.477 e. The molecule has 1 N–H and O–H groups in total. The number of carboxylic acids is 1. The molecule has 0 amide bonds. The van der Waals surface area contributed by atoms with Gasteiger partial charge < -0.3 is 19.5 Å². The maximum Gasteiger partial charge on any atom is 0.342 e. The summed E-state index contributed by atoms with van der Waals surface area (Å²) >= 11 is 1.27. The molecule has 10 heteroatoms. The molecular weight excluding hydrogens is 420 g/mol. The van der Waals surface area contributed by atoms with E-state index in [0.29, 0.717) is 41.2 Å². The molecule has 0 saturated carbocycles. The highest BCUT2D eigenvalue weighted by atomic mass is 32.2. The van der Waals surface area contributed by atoms with Gasteiger partial charge in [0, 0.05) is 30.6 Å². The minimum absolute atomic E-state index is 0.0296. The summed E-state index contributed by atoms with van der Waals surface area (Å²) in [5.41, 5.74) is 0.00335. The van der Waals surface area contributed by atoms with Gasteiger partial charge >= 0.3 is 5.97 Å². The van der Waals surface area contributed by atoms with E-state index < -0.39 is 16.3 Å². The standard InChI is InChI=1S/C21H24N4O5S/c26-19-14-10-16(23-8-4-13(5-9-23)22-6-2-1-3-7-22)17(25(29)30)11-15(14)24-12-31-20(24)18(19)21(27)28/h10-11,13H,1-9,12H2,(H,27,28). The molecule has 1 aromatic heterocycles. The van der Waals surface area contributed by atoms with Crippen molar-refractivity contribution in [2.75, 3.05) is 31.1 Å². The Balaban J connectivity index is 1.52. The summed E-state index contributed by atoms with van der Waals surface area (Å²) in [6.07, 6.45) is 5.60. The smallest absolute Gasteiger partial charge is 0.342 e. The molecular formula is C21H24N4O5S. The number of nitro benzene ring substituents is 1. The Labute approximate surface area is 182 Å². The maximum atomic E-state index is 12.9. The van der Waals surface area contributed by atoms with E-state index in [1.807, 2.05) is 4.90 Å². The predicted octanol–water partition coefficient (Wildman–Crippen LogP) is 3.13. The SMILES string of the molecule is O=C(O)c1c2n(c3cc([N+](=O)[O-])c(N4CCC(N5CCCCC5)CC4)cc3c1=O)CS2. The molecule has 2 aromatic rings. The van der Waals surface area contributed by atoms with Crippen molar-refractivity contribution in [3.8, 4) is 0 Å². The number of hydrogen-bond acceptors (Lipinski definition) is 7. The average molecular weight is 445 g/mol. The van der Waals surface area contributed by atoms with Crippen molar-refractivity contribution in [2.45, 2.75) is 49.0 Å². The Morgan fingerprint density at radius 1 is 1.13 bits per heavy atom. The van der Waals surface area contributed by atoms with Gasteiger partial charge in [0.15, 0.2) is 0 Å². The molecule has 4 heterocycles. The second kappa shape index (κ2) is 7.83. The van der Waals surface area contributed by atoms with Gasteiger partial charge in [-0.15, -0.1) is 0 Å². The zero-order chi connectivity index (χ0) is 21.7. The van der Waals surface area contributed by atoms with Crippen molar-refractivity contribution in [3.05, 3.63) is 38.0 Å². The third kappa shape index (κ3) is 3.38. The van der Waals surface area contributed by atoms with Crippen LogP contribution in [0.2, 0.25) is 0 Å². The number of anilines is 1. The van der Waals surface area contributed by atoms with Crippen LogP contribution in [0.1, 0.15) is 42.5 Å². The maximum absolute atomic E-state index is 12.9. The lowest BCUT2D eigenvalue weighted by Crippen LogP contribution is -2.46. The number of aromatic nitrogens is 1. The van der Waals surface area contributed by atoms with E-state index in [-0.39, 0.29) is 16.6 Å². The van der Waals surface area contributed by atoms with Crippen LogP contribution in [0, 0.1) is 10.1 Å². The van der Waals surface area contributed by atoms with Crippen molar-refractivity contribution in [1.82, 2.24) is 9.47 Å². The summed E-state index contributed by atoms with van der Waals surface area (Å²) < 4.78 is 1.68. The van der Waals surface area contributed by atoms with Crippen LogP contribution in [0.4, 0.5) is 11.4 Å². The number of benzene rings is 1. The van der Waals surface area contributed by atoms with E-state index in [0.717, 1.165) is 25.9 Å². The van der Waals surface area contributed by atoms with Crippen LogP contribution in [0.5, 0.6) is 0 Å². The summed E-state index contributed by atoms with van der Waals surface area (Å²) in [6, 6.07) is 3.48. The Morgan fingerprint density at radius 2 is 1.84 bits per heavy atom. The van der Waals surface area contributed by atoms with Crippen molar-refractivity contribution in [1.29, 1.82) is 0 Å². The second-order valence-electron chi connectivity index (χ2n) is 8.45. The predicted molar refractivity (Wildman–Crippen MR) is 118 cm³/mol. The summed E-state index contributed by atoms with van der Waals surface area (Å²) in [6.45, 7) is 3.61. The molecule has 0 radical (unpaired) electrons. The first kappa shape index (κ1) is 20.3. The summed E-state index contributed by atoms with van der Waals surface area (Å²) in [5.74, 6) is -0.783. The normalized spacial score (nSPS) is 19.8. The van der Waals surface area contributed by atoms with Gasteiger partial charge in [0.25, 0.3) is 5.69 Å². The zero-order valence-electron chi connectivity index (χ0n) is 17.1. The Bertz CT molecular complexity index is 1130. The number of likely N-dealkylation sites (tertiary alicyclic amines) is 1. The zero-order valence-corrected chi connectivity index (χ0v) is 17.9. The topological polar surface area (TPSA) is 109 Å². The summed E-state index contributed by atoms with van der Waals surface area (Å²) in [4.78, 5) is 40.6. The van der Waals surface area contributed by atoms with E-state index >= 15 is 0 Å². The van der Waals surface area contributed by atoms with Gasteiger partial charge in [-0.1, -0.05) is 18.2 Å². The number of hydrogen-bond donors (Lipinski definition) is 1. The Kier molecular flexibility index (Phi) is 5.13. The van der Waals surface area contributed by atoms with Gasteiger partial charge in [-0.2, -0.15) is 0 Å². The van der Waals surface area contributed by atoms with Gasteiger partial charge in [0.2, 0.25) is 5.43 Å². The van der Waals surface area contributed by atoms with Crippen molar-refractivity contribution in [3.63, 3.8) is 0 Å². The number of aromatic carboxylic acids is 1. The van der Waals surface area contributed by atoms with Crippen LogP contribution in [0.3, 0.4) is 0 Å². The van der Waals surface area contributed by atoms with Gasteiger partial charge in [-0.05, 0) is 44.8 Å². The quantitative estimate of drug-likeness (QED) is 0.566. The third-order valence-corrected chi connectivity index (χ3v) is 7.85. The molecule has 5 rings (SSSR count). The molecule has 0 bridgehead atoms. The molecule has 0 unspecified atom stereocenters. The number of nitrogens with zero attached hydrogens (tertiary/aromatic N) is 4. The largest absolute Gasteiger partial charge is 0.477 e. The molecule has 9 nitrogen and oxygen atoms in total. The number of rotatable bonds is 4.